The van der Waals surface area contributed by atoms with E-state index in [9.17, 15) is 18.0 Å². The van der Waals surface area contributed by atoms with Gasteiger partial charge in [-0.25, -0.2) is 0 Å². The van der Waals surface area contributed by atoms with E-state index in [4.69, 9.17) is 0 Å². The maximum Gasteiger partial charge on any atom is 0.416 e. The van der Waals surface area contributed by atoms with Crippen LogP contribution in [0.25, 0.3) is 0 Å². The van der Waals surface area contributed by atoms with Crippen LogP contribution in [0, 0.1) is 0 Å². The number of hydrogen-bond acceptors (Lipinski definition) is 3. The fourth-order valence-electron chi connectivity index (χ4n) is 1.92. The Kier molecular flexibility index (Phi) is 5.57. The Morgan fingerprint density at radius 3 is 2.38 bits per heavy atom. The first kappa shape index (κ1) is 17.5. The van der Waals surface area contributed by atoms with E-state index in [-0.39, 0.29) is 12.1 Å². The molecule has 0 bridgehead atoms. The molecule has 0 aliphatic rings. The molecule has 0 unspecified atom stereocenters. The second-order valence-electron chi connectivity index (χ2n) is 5.13. The topological polar surface area (TPSA) is 53.5 Å². The average molecular weight is 335 g/mol. The first-order valence-corrected chi connectivity index (χ1v) is 7.16. The lowest BCUT2D eigenvalue weighted by atomic mass is 10.2. The lowest BCUT2D eigenvalue weighted by Crippen LogP contribution is -2.16. The maximum atomic E-state index is 12.6. The van der Waals surface area contributed by atoms with E-state index in [1.165, 1.54) is 12.1 Å². The number of carbonyl (C=O) groups excluding carboxylic acids is 1. The van der Waals surface area contributed by atoms with Crippen LogP contribution in [-0.4, -0.2) is 11.6 Å². The summed E-state index contributed by atoms with van der Waals surface area (Å²) in [6.07, 6.45) is -4.48. The Morgan fingerprint density at radius 1 is 1.04 bits per heavy atom. The van der Waals surface area contributed by atoms with E-state index >= 15 is 0 Å². The van der Waals surface area contributed by atoms with Crippen molar-refractivity contribution >= 4 is 23.0 Å². The molecule has 126 valence electrons. The van der Waals surface area contributed by atoms with Crippen molar-refractivity contribution < 1.29 is 18.0 Å². The fraction of sp³-hybridized carbons (Fsp3) is 0.176. The summed E-state index contributed by atoms with van der Waals surface area (Å²) in [5, 5.41) is 6.49. The molecule has 0 aliphatic carbocycles. The van der Waals surface area contributed by atoms with Gasteiger partial charge in [0, 0.05) is 11.4 Å². The van der Waals surface area contributed by atoms with Gasteiger partial charge in [-0.15, -0.1) is 0 Å². The number of hydrazone groups is 1. The molecule has 0 spiro atoms. The standard InChI is InChI=1S/C17H16F3N3O/c1-12(22-23-14-7-3-2-4-8-14)10-16(24)21-15-9-5-6-13(11-15)17(18,19)20/h2-9,11,23H,10H2,1H3,(H,21,24)/b22-12-. The molecule has 0 saturated heterocycles. The fourth-order valence-corrected chi connectivity index (χ4v) is 1.92. The van der Waals surface area contributed by atoms with Gasteiger partial charge in [-0.2, -0.15) is 18.3 Å². The molecule has 0 saturated carbocycles. The SMILES string of the molecule is C/C(CC(=O)Nc1cccc(C(F)(F)F)c1)=N/Nc1ccccc1. The van der Waals surface area contributed by atoms with Gasteiger partial charge >= 0.3 is 6.18 Å². The highest BCUT2D eigenvalue weighted by Crippen LogP contribution is 2.30. The third kappa shape index (κ3) is 5.42. The number of rotatable bonds is 5. The van der Waals surface area contributed by atoms with Gasteiger partial charge in [0.15, 0.2) is 0 Å². The highest BCUT2D eigenvalue weighted by molar-refractivity contribution is 6.05. The predicted molar refractivity (Wildman–Crippen MR) is 87.9 cm³/mol. The number of carbonyl (C=O) groups is 1. The number of nitrogens with one attached hydrogen (secondary N) is 2. The summed E-state index contributed by atoms with van der Waals surface area (Å²) < 4.78 is 37.9. The minimum atomic E-state index is -4.45. The van der Waals surface area contributed by atoms with Crippen LogP contribution in [0.2, 0.25) is 0 Å². The molecule has 0 fully saturated rings. The Hall–Kier alpha value is -2.83. The maximum absolute atomic E-state index is 12.6. The van der Waals surface area contributed by atoms with Gasteiger partial charge in [0.2, 0.25) is 5.91 Å². The largest absolute Gasteiger partial charge is 0.416 e. The average Bonchev–Trinajstić information content (AvgIpc) is 2.53. The lowest BCUT2D eigenvalue weighted by molar-refractivity contribution is -0.137. The number of anilines is 2. The number of hydrogen-bond donors (Lipinski definition) is 2. The summed E-state index contributed by atoms with van der Waals surface area (Å²) >= 11 is 0. The van der Waals surface area contributed by atoms with Gasteiger partial charge in [-0.1, -0.05) is 24.3 Å². The predicted octanol–water partition coefficient (Wildman–Crippen LogP) is 4.52. The number of alkyl halides is 3. The summed E-state index contributed by atoms with van der Waals surface area (Å²) in [4.78, 5) is 11.9. The molecular weight excluding hydrogens is 319 g/mol. The number of nitrogens with zero attached hydrogens (tertiary/aromatic N) is 1. The smallest absolute Gasteiger partial charge is 0.326 e. The van der Waals surface area contributed by atoms with Crippen molar-refractivity contribution in [2.45, 2.75) is 19.5 Å². The molecule has 7 heteroatoms. The van der Waals surface area contributed by atoms with Crippen LogP contribution < -0.4 is 10.7 Å². The Balaban J connectivity index is 1.93. The van der Waals surface area contributed by atoms with Crippen molar-refractivity contribution in [2.24, 2.45) is 5.10 Å². The molecule has 2 aromatic carbocycles. The highest BCUT2D eigenvalue weighted by Gasteiger charge is 2.30. The molecule has 4 nitrogen and oxygen atoms in total. The van der Waals surface area contributed by atoms with E-state index in [1.807, 2.05) is 30.3 Å². The summed E-state index contributed by atoms with van der Waals surface area (Å²) in [7, 11) is 0. The van der Waals surface area contributed by atoms with Crippen molar-refractivity contribution in [1.29, 1.82) is 0 Å². The monoisotopic (exact) mass is 335 g/mol. The third-order valence-electron chi connectivity index (χ3n) is 3.04. The molecule has 2 rings (SSSR count). The summed E-state index contributed by atoms with van der Waals surface area (Å²) in [5.74, 6) is -0.439. The van der Waals surface area contributed by atoms with Crippen LogP contribution in [0.5, 0.6) is 0 Å². The van der Waals surface area contributed by atoms with E-state index < -0.39 is 17.6 Å². The molecule has 0 radical (unpaired) electrons. The molecule has 2 aromatic rings. The van der Waals surface area contributed by atoms with Gasteiger partial charge in [-0.3, -0.25) is 10.2 Å². The second kappa shape index (κ2) is 7.63. The van der Waals surface area contributed by atoms with Crippen LogP contribution in [0.4, 0.5) is 24.5 Å². The second-order valence-corrected chi connectivity index (χ2v) is 5.13. The van der Waals surface area contributed by atoms with E-state index in [0.717, 1.165) is 17.8 Å². The zero-order chi connectivity index (χ0) is 17.6. The van der Waals surface area contributed by atoms with E-state index in [1.54, 1.807) is 6.92 Å². The normalized spacial score (nSPS) is 11.9. The summed E-state index contributed by atoms with van der Waals surface area (Å²) in [6.45, 7) is 1.65. The van der Waals surface area contributed by atoms with E-state index in [0.29, 0.717) is 5.71 Å². The van der Waals surface area contributed by atoms with Crippen molar-refractivity contribution in [3.8, 4) is 0 Å². The van der Waals surface area contributed by atoms with Crippen molar-refractivity contribution in [2.75, 3.05) is 10.7 Å². The van der Waals surface area contributed by atoms with Crippen LogP contribution in [-0.2, 0) is 11.0 Å². The van der Waals surface area contributed by atoms with Gasteiger partial charge in [0.05, 0.1) is 17.7 Å². The van der Waals surface area contributed by atoms with Gasteiger partial charge < -0.3 is 5.32 Å². The van der Waals surface area contributed by atoms with Crippen LogP contribution in [0.3, 0.4) is 0 Å². The quantitative estimate of drug-likeness (QED) is 0.623. The minimum Gasteiger partial charge on any atom is -0.326 e. The van der Waals surface area contributed by atoms with Gasteiger partial charge in [-0.05, 0) is 37.3 Å². The zero-order valence-corrected chi connectivity index (χ0v) is 12.9. The summed E-state index contributed by atoms with van der Waals surface area (Å²) in [6, 6.07) is 13.7. The highest BCUT2D eigenvalue weighted by atomic mass is 19.4. The molecule has 1 amide bonds. The zero-order valence-electron chi connectivity index (χ0n) is 12.9. The lowest BCUT2D eigenvalue weighted by Gasteiger charge is -2.10. The molecule has 0 aromatic heterocycles. The Morgan fingerprint density at radius 2 is 1.71 bits per heavy atom. The number of amides is 1. The Labute approximate surface area is 137 Å². The van der Waals surface area contributed by atoms with Gasteiger partial charge in [0.1, 0.15) is 0 Å². The molecular formula is C17H16F3N3O. The first-order valence-electron chi connectivity index (χ1n) is 7.16. The molecule has 0 heterocycles. The number of para-hydroxylation sites is 1. The van der Waals surface area contributed by atoms with Crippen LogP contribution >= 0.6 is 0 Å². The molecule has 2 N–H and O–H groups in total. The molecule has 0 atom stereocenters. The molecule has 0 aliphatic heterocycles. The molecule has 24 heavy (non-hydrogen) atoms. The first-order chi connectivity index (χ1) is 11.3. The number of halogens is 3. The van der Waals surface area contributed by atoms with Gasteiger partial charge in [0.25, 0.3) is 0 Å². The van der Waals surface area contributed by atoms with Crippen LogP contribution in [0.15, 0.2) is 59.7 Å². The van der Waals surface area contributed by atoms with Crippen molar-refractivity contribution in [3.63, 3.8) is 0 Å². The Bertz CT molecular complexity index is 727. The van der Waals surface area contributed by atoms with Crippen molar-refractivity contribution in [3.05, 3.63) is 60.2 Å². The third-order valence-corrected chi connectivity index (χ3v) is 3.04. The van der Waals surface area contributed by atoms with Crippen molar-refractivity contribution in [1.82, 2.24) is 0 Å². The summed E-state index contributed by atoms with van der Waals surface area (Å²) in [5.41, 5.74) is 3.37. The minimum absolute atomic E-state index is 0.0317. The van der Waals surface area contributed by atoms with Crippen LogP contribution in [0.1, 0.15) is 18.9 Å². The number of benzene rings is 2. The van der Waals surface area contributed by atoms with E-state index in [2.05, 4.69) is 15.8 Å².